The van der Waals surface area contributed by atoms with Crippen molar-refractivity contribution < 1.29 is 14.6 Å². The Hall–Kier alpha value is -0.910. The highest BCUT2D eigenvalue weighted by molar-refractivity contribution is 9.10. The topological polar surface area (TPSA) is 58.6 Å². The standard InChI is InChI=1S/C14H18BrNO3/c1-14(18,10-4-6-11(15)7-5-10)9-16-13(17)12-3-2-8-19-12/h4-7,12,18H,2-3,8-9H2,1H3,(H,16,17). The second-order valence-corrected chi connectivity index (χ2v) is 5.92. The van der Waals surface area contributed by atoms with Crippen LogP contribution in [0.15, 0.2) is 28.7 Å². The van der Waals surface area contributed by atoms with Gasteiger partial charge in [-0.05, 0) is 37.5 Å². The maximum Gasteiger partial charge on any atom is 0.249 e. The summed E-state index contributed by atoms with van der Waals surface area (Å²) in [6.07, 6.45) is 1.31. The minimum absolute atomic E-state index is 0.144. The van der Waals surface area contributed by atoms with Gasteiger partial charge in [0.25, 0.3) is 0 Å². The number of carbonyl (C=O) groups excluding carboxylic acids is 1. The Morgan fingerprint density at radius 1 is 1.53 bits per heavy atom. The third-order valence-corrected chi connectivity index (χ3v) is 3.82. The summed E-state index contributed by atoms with van der Waals surface area (Å²) < 4.78 is 6.26. The summed E-state index contributed by atoms with van der Waals surface area (Å²) in [5, 5.41) is 13.1. The van der Waals surface area contributed by atoms with E-state index in [4.69, 9.17) is 4.74 Å². The predicted molar refractivity (Wildman–Crippen MR) is 75.7 cm³/mol. The molecule has 1 saturated heterocycles. The molecule has 1 aromatic carbocycles. The predicted octanol–water partition coefficient (Wildman–Crippen LogP) is 1.95. The first-order valence-corrected chi connectivity index (χ1v) is 7.16. The van der Waals surface area contributed by atoms with Gasteiger partial charge in [-0.1, -0.05) is 28.1 Å². The maximum absolute atomic E-state index is 11.8. The molecule has 104 valence electrons. The first-order valence-electron chi connectivity index (χ1n) is 6.37. The lowest BCUT2D eigenvalue weighted by molar-refractivity contribution is -0.131. The number of hydrogen-bond donors (Lipinski definition) is 2. The lowest BCUT2D eigenvalue weighted by atomic mass is 9.96. The molecule has 0 saturated carbocycles. The van der Waals surface area contributed by atoms with Crippen molar-refractivity contribution in [2.75, 3.05) is 13.2 Å². The molecule has 1 aromatic rings. The molecule has 1 fully saturated rings. The Labute approximate surface area is 121 Å². The van der Waals surface area contributed by atoms with Crippen molar-refractivity contribution in [3.8, 4) is 0 Å². The van der Waals surface area contributed by atoms with Crippen molar-refractivity contribution in [1.29, 1.82) is 0 Å². The third-order valence-electron chi connectivity index (χ3n) is 3.30. The second kappa shape index (κ2) is 6.03. The van der Waals surface area contributed by atoms with Gasteiger partial charge in [-0.15, -0.1) is 0 Å². The average molecular weight is 328 g/mol. The summed E-state index contributed by atoms with van der Waals surface area (Å²) in [5.74, 6) is -0.144. The van der Waals surface area contributed by atoms with Crippen LogP contribution in [0.25, 0.3) is 0 Å². The number of rotatable bonds is 4. The molecule has 4 nitrogen and oxygen atoms in total. The third kappa shape index (κ3) is 3.78. The van der Waals surface area contributed by atoms with Gasteiger partial charge in [0.15, 0.2) is 0 Å². The highest BCUT2D eigenvalue weighted by Crippen LogP contribution is 2.22. The monoisotopic (exact) mass is 327 g/mol. The zero-order valence-corrected chi connectivity index (χ0v) is 12.4. The number of carbonyl (C=O) groups is 1. The Balaban J connectivity index is 1.93. The van der Waals surface area contributed by atoms with E-state index in [2.05, 4.69) is 21.2 Å². The molecule has 0 spiro atoms. The summed E-state index contributed by atoms with van der Waals surface area (Å²) in [6.45, 7) is 2.50. The highest BCUT2D eigenvalue weighted by atomic mass is 79.9. The average Bonchev–Trinajstić information content (AvgIpc) is 2.90. The van der Waals surface area contributed by atoms with Crippen LogP contribution in [0.2, 0.25) is 0 Å². The first-order chi connectivity index (χ1) is 8.99. The molecule has 2 N–H and O–H groups in total. The molecule has 2 unspecified atom stereocenters. The SMILES string of the molecule is CC(O)(CNC(=O)C1CCCO1)c1ccc(Br)cc1. The molecule has 1 aliphatic heterocycles. The molecule has 5 heteroatoms. The van der Waals surface area contributed by atoms with Crippen LogP contribution >= 0.6 is 15.9 Å². The molecule has 0 aromatic heterocycles. The van der Waals surface area contributed by atoms with Crippen molar-refractivity contribution in [3.63, 3.8) is 0 Å². The van der Waals surface area contributed by atoms with Gasteiger partial charge >= 0.3 is 0 Å². The summed E-state index contributed by atoms with van der Waals surface area (Å²) in [4.78, 5) is 11.8. The molecule has 1 heterocycles. The van der Waals surface area contributed by atoms with E-state index >= 15 is 0 Å². The van der Waals surface area contributed by atoms with Crippen molar-refractivity contribution in [2.24, 2.45) is 0 Å². The molecule has 1 amide bonds. The number of halogens is 1. The van der Waals surface area contributed by atoms with Crippen LogP contribution in [0.1, 0.15) is 25.3 Å². The smallest absolute Gasteiger partial charge is 0.249 e. The Morgan fingerprint density at radius 2 is 2.21 bits per heavy atom. The molecular formula is C14H18BrNO3. The number of benzene rings is 1. The van der Waals surface area contributed by atoms with Gasteiger partial charge in [0, 0.05) is 11.1 Å². The van der Waals surface area contributed by atoms with E-state index in [0.717, 1.165) is 22.9 Å². The fraction of sp³-hybridized carbons (Fsp3) is 0.500. The van der Waals surface area contributed by atoms with E-state index < -0.39 is 5.60 Å². The normalized spacial score (nSPS) is 21.9. The quantitative estimate of drug-likeness (QED) is 0.888. The molecule has 1 aliphatic rings. The Kier molecular flexibility index (Phi) is 4.60. The largest absolute Gasteiger partial charge is 0.384 e. The minimum atomic E-state index is -1.09. The lowest BCUT2D eigenvalue weighted by Gasteiger charge is -2.25. The van der Waals surface area contributed by atoms with Gasteiger partial charge in [0.1, 0.15) is 11.7 Å². The number of amides is 1. The van der Waals surface area contributed by atoms with Crippen molar-refractivity contribution >= 4 is 21.8 Å². The highest BCUT2D eigenvalue weighted by Gasteiger charge is 2.28. The molecule has 0 bridgehead atoms. The van der Waals surface area contributed by atoms with Gasteiger partial charge in [0.2, 0.25) is 5.91 Å². The van der Waals surface area contributed by atoms with Gasteiger partial charge < -0.3 is 15.2 Å². The van der Waals surface area contributed by atoms with Crippen LogP contribution < -0.4 is 5.32 Å². The summed E-state index contributed by atoms with van der Waals surface area (Å²) in [5.41, 5.74) is -0.321. The van der Waals surface area contributed by atoms with E-state index in [1.807, 2.05) is 24.3 Å². The fourth-order valence-electron chi connectivity index (χ4n) is 2.07. The number of nitrogens with one attached hydrogen (secondary N) is 1. The minimum Gasteiger partial charge on any atom is -0.384 e. The molecule has 0 radical (unpaired) electrons. The van der Waals surface area contributed by atoms with Crippen LogP contribution in [0.5, 0.6) is 0 Å². The van der Waals surface area contributed by atoms with Crippen LogP contribution in [0.4, 0.5) is 0 Å². The van der Waals surface area contributed by atoms with Crippen LogP contribution in [-0.4, -0.2) is 30.3 Å². The van der Waals surface area contributed by atoms with Gasteiger partial charge in [0.05, 0.1) is 6.54 Å². The molecule has 2 rings (SSSR count). The maximum atomic E-state index is 11.8. The molecular weight excluding hydrogens is 310 g/mol. The lowest BCUT2D eigenvalue weighted by Crippen LogP contribution is -2.42. The van der Waals surface area contributed by atoms with Crippen molar-refractivity contribution in [3.05, 3.63) is 34.3 Å². The summed E-state index contributed by atoms with van der Waals surface area (Å²) in [7, 11) is 0. The Morgan fingerprint density at radius 3 is 2.79 bits per heavy atom. The van der Waals surface area contributed by atoms with Crippen molar-refractivity contribution in [2.45, 2.75) is 31.5 Å². The van der Waals surface area contributed by atoms with E-state index in [0.29, 0.717) is 6.61 Å². The summed E-state index contributed by atoms with van der Waals surface area (Å²) in [6, 6.07) is 7.40. The second-order valence-electron chi connectivity index (χ2n) is 5.00. The number of hydrogen-bond acceptors (Lipinski definition) is 3. The number of aliphatic hydroxyl groups is 1. The Bertz CT molecular complexity index is 439. The zero-order valence-electron chi connectivity index (χ0n) is 10.9. The van der Waals surface area contributed by atoms with Crippen LogP contribution in [0, 0.1) is 0 Å². The first kappa shape index (κ1) is 14.5. The van der Waals surface area contributed by atoms with E-state index in [9.17, 15) is 9.90 Å². The van der Waals surface area contributed by atoms with E-state index in [1.165, 1.54) is 0 Å². The van der Waals surface area contributed by atoms with Gasteiger partial charge in [-0.2, -0.15) is 0 Å². The molecule has 2 atom stereocenters. The van der Waals surface area contributed by atoms with E-state index in [1.54, 1.807) is 6.92 Å². The van der Waals surface area contributed by atoms with E-state index in [-0.39, 0.29) is 18.6 Å². The van der Waals surface area contributed by atoms with Crippen LogP contribution in [-0.2, 0) is 15.1 Å². The van der Waals surface area contributed by atoms with Gasteiger partial charge in [-0.3, -0.25) is 4.79 Å². The van der Waals surface area contributed by atoms with Crippen molar-refractivity contribution in [1.82, 2.24) is 5.32 Å². The van der Waals surface area contributed by atoms with Crippen LogP contribution in [0.3, 0.4) is 0 Å². The summed E-state index contributed by atoms with van der Waals surface area (Å²) >= 11 is 3.35. The number of ether oxygens (including phenoxy) is 1. The fourth-order valence-corrected chi connectivity index (χ4v) is 2.33. The molecule has 0 aliphatic carbocycles. The molecule has 19 heavy (non-hydrogen) atoms. The van der Waals surface area contributed by atoms with Gasteiger partial charge in [-0.25, -0.2) is 0 Å². The zero-order chi connectivity index (χ0) is 13.9.